The number of benzene rings is 1. The number of amides is 1. The molecule has 1 N–H and O–H groups in total. The molecule has 19 heavy (non-hydrogen) atoms. The molecule has 0 saturated heterocycles. The lowest BCUT2D eigenvalue weighted by molar-refractivity contribution is -0.109. The monoisotopic (exact) mass is 287 g/mol. The fraction of sp³-hybridized carbons (Fsp3) is 0.385. The van der Waals surface area contributed by atoms with E-state index in [2.05, 4.69) is 5.32 Å². The van der Waals surface area contributed by atoms with E-state index in [1.807, 2.05) is 0 Å². The van der Waals surface area contributed by atoms with Gasteiger partial charge in [-0.1, -0.05) is 17.7 Å². The molecule has 0 aromatic heterocycles. The molecule has 1 atom stereocenters. The Morgan fingerprint density at radius 3 is 2.58 bits per heavy atom. The second-order valence-electron chi connectivity index (χ2n) is 4.93. The maximum Gasteiger partial charge on any atom is 0.408 e. The van der Waals surface area contributed by atoms with Gasteiger partial charge in [-0.05, 0) is 38.5 Å². The normalized spacial score (nSPS) is 12.7. The standard InChI is InChI=1S/C13H15ClFNO3/c1-13(2,3)19-12(18)16-11(7-17)8-4-5-10(15)9(14)6-8/h4-7,11H,1-3H3,(H,16,18)/t11-/m1/s1. The Balaban J connectivity index is 2.81. The van der Waals surface area contributed by atoms with Crippen LogP contribution in [-0.2, 0) is 9.53 Å². The minimum Gasteiger partial charge on any atom is -0.444 e. The van der Waals surface area contributed by atoms with E-state index in [1.165, 1.54) is 12.1 Å². The Hall–Kier alpha value is -1.62. The Labute approximate surface area is 115 Å². The lowest BCUT2D eigenvalue weighted by Crippen LogP contribution is -2.35. The Kier molecular flexibility index (Phi) is 4.89. The number of ether oxygens (including phenoxy) is 1. The van der Waals surface area contributed by atoms with Crippen molar-refractivity contribution in [3.63, 3.8) is 0 Å². The Bertz CT molecular complexity index is 485. The molecule has 0 aliphatic heterocycles. The summed E-state index contributed by atoms with van der Waals surface area (Å²) in [5, 5.41) is 2.26. The highest BCUT2D eigenvalue weighted by Gasteiger charge is 2.20. The van der Waals surface area contributed by atoms with Crippen LogP contribution in [0.5, 0.6) is 0 Å². The first-order valence-electron chi connectivity index (χ1n) is 5.62. The van der Waals surface area contributed by atoms with Crippen LogP contribution in [0.25, 0.3) is 0 Å². The predicted octanol–water partition coefficient (Wildman–Crippen LogP) is 3.24. The van der Waals surface area contributed by atoms with E-state index in [1.54, 1.807) is 20.8 Å². The first kappa shape index (κ1) is 15.4. The fourth-order valence-electron chi connectivity index (χ4n) is 1.34. The largest absolute Gasteiger partial charge is 0.444 e. The van der Waals surface area contributed by atoms with E-state index < -0.39 is 23.6 Å². The Morgan fingerprint density at radius 1 is 1.47 bits per heavy atom. The van der Waals surface area contributed by atoms with Crippen LogP contribution in [0.3, 0.4) is 0 Å². The molecule has 0 unspecified atom stereocenters. The quantitative estimate of drug-likeness (QED) is 0.868. The zero-order valence-electron chi connectivity index (χ0n) is 10.9. The van der Waals surface area contributed by atoms with Crippen LogP contribution in [0.2, 0.25) is 5.02 Å². The molecule has 1 aromatic carbocycles. The minimum atomic E-state index is -0.937. The third-order valence-corrected chi connectivity index (χ3v) is 2.40. The van der Waals surface area contributed by atoms with E-state index in [-0.39, 0.29) is 5.02 Å². The maximum atomic E-state index is 13.0. The van der Waals surface area contributed by atoms with Crippen LogP contribution in [-0.4, -0.2) is 18.0 Å². The highest BCUT2D eigenvalue weighted by atomic mass is 35.5. The molecule has 0 spiro atoms. The summed E-state index contributed by atoms with van der Waals surface area (Å²) in [7, 11) is 0. The van der Waals surface area contributed by atoms with Gasteiger partial charge in [0, 0.05) is 0 Å². The van der Waals surface area contributed by atoms with E-state index in [0.717, 1.165) is 6.07 Å². The van der Waals surface area contributed by atoms with Gasteiger partial charge in [0.05, 0.1) is 5.02 Å². The number of alkyl carbamates (subject to hydrolysis) is 1. The number of rotatable bonds is 3. The summed E-state index contributed by atoms with van der Waals surface area (Å²) in [6.45, 7) is 5.12. The highest BCUT2D eigenvalue weighted by Crippen LogP contribution is 2.20. The maximum absolute atomic E-state index is 13.0. The van der Waals surface area contributed by atoms with Crippen molar-refractivity contribution in [2.75, 3.05) is 0 Å². The van der Waals surface area contributed by atoms with Gasteiger partial charge in [0.25, 0.3) is 0 Å². The minimum absolute atomic E-state index is 0.115. The molecule has 0 radical (unpaired) electrons. The molecule has 6 heteroatoms. The molecule has 0 heterocycles. The van der Waals surface area contributed by atoms with Crippen molar-refractivity contribution in [1.82, 2.24) is 5.32 Å². The van der Waals surface area contributed by atoms with Crippen molar-refractivity contribution >= 4 is 24.0 Å². The highest BCUT2D eigenvalue weighted by molar-refractivity contribution is 6.30. The molecular formula is C13H15ClFNO3. The van der Waals surface area contributed by atoms with E-state index in [9.17, 15) is 14.0 Å². The number of aldehydes is 1. The van der Waals surface area contributed by atoms with Crippen LogP contribution in [0.4, 0.5) is 9.18 Å². The fourth-order valence-corrected chi connectivity index (χ4v) is 1.53. The molecule has 4 nitrogen and oxygen atoms in total. The van der Waals surface area contributed by atoms with Crippen LogP contribution in [0.1, 0.15) is 32.4 Å². The van der Waals surface area contributed by atoms with Gasteiger partial charge in [-0.2, -0.15) is 0 Å². The average molecular weight is 288 g/mol. The van der Waals surface area contributed by atoms with Gasteiger partial charge in [-0.3, -0.25) is 0 Å². The van der Waals surface area contributed by atoms with Gasteiger partial charge in [-0.15, -0.1) is 0 Å². The van der Waals surface area contributed by atoms with Crippen molar-refractivity contribution in [3.05, 3.63) is 34.6 Å². The second kappa shape index (κ2) is 6.02. The van der Waals surface area contributed by atoms with Crippen molar-refractivity contribution in [2.45, 2.75) is 32.4 Å². The summed E-state index contributed by atoms with van der Waals surface area (Å²) in [6.07, 6.45) is -0.210. The first-order valence-corrected chi connectivity index (χ1v) is 6.00. The summed E-state index contributed by atoms with van der Waals surface area (Å²) in [6, 6.07) is 2.85. The lowest BCUT2D eigenvalue weighted by Gasteiger charge is -2.21. The third-order valence-electron chi connectivity index (χ3n) is 2.11. The van der Waals surface area contributed by atoms with Crippen molar-refractivity contribution in [2.24, 2.45) is 0 Å². The van der Waals surface area contributed by atoms with Crippen molar-refractivity contribution in [1.29, 1.82) is 0 Å². The molecule has 0 aliphatic rings. The second-order valence-corrected chi connectivity index (χ2v) is 5.34. The van der Waals surface area contributed by atoms with Gasteiger partial charge in [0.1, 0.15) is 23.7 Å². The molecule has 0 bridgehead atoms. The number of carbonyl (C=O) groups is 2. The molecule has 1 aromatic rings. The average Bonchev–Trinajstić information content (AvgIpc) is 2.27. The van der Waals surface area contributed by atoms with Crippen molar-refractivity contribution in [3.8, 4) is 0 Å². The first-order chi connectivity index (χ1) is 8.73. The van der Waals surface area contributed by atoms with Gasteiger partial charge in [0.2, 0.25) is 0 Å². The van der Waals surface area contributed by atoms with Crippen LogP contribution >= 0.6 is 11.6 Å². The number of hydrogen-bond donors (Lipinski definition) is 1. The number of hydrogen-bond acceptors (Lipinski definition) is 3. The van der Waals surface area contributed by atoms with Crippen molar-refractivity contribution < 1.29 is 18.7 Å². The zero-order valence-corrected chi connectivity index (χ0v) is 11.6. The van der Waals surface area contributed by atoms with Gasteiger partial charge in [-0.25, -0.2) is 9.18 Å². The molecule has 0 aliphatic carbocycles. The smallest absolute Gasteiger partial charge is 0.408 e. The van der Waals surface area contributed by atoms with Gasteiger partial charge >= 0.3 is 6.09 Å². The summed E-state index contributed by atoms with van der Waals surface area (Å²) in [5.74, 6) is -0.590. The van der Waals surface area contributed by atoms with E-state index in [4.69, 9.17) is 16.3 Å². The SMILES string of the molecule is CC(C)(C)OC(=O)N[C@H](C=O)c1ccc(F)c(Cl)c1. The number of nitrogens with one attached hydrogen (secondary N) is 1. The van der Waals surface area contributed by atoms with Gasteiger partial charge < -0.3 is 14.8 Å². The topological polar surface area (TPSA) is 55.4 Å². The van der Waals surface area contributed by atoms with Crippen LogP contribution < -0.4 is 5.32 Å². The molecule has 104 valence electrons. The molecule has 1 amide bonds. The van der Waals surface area contributed by atoms with Crippen LogP contribution in [0.15, 0.2) is 18.2 Å². The molecule has 0 fully saturated rings. The lowest BCUT2D eigenvalue weighted by atomic mass is 10.1. The van der Waals surface area contributed by atoms with Gasteiger partial charge in [0.15, 0.2) is 0 Å². The molecule has 1 rings (SSSR count). The molecule has 0 saturated carbocycles. The molecular weight excluding hydrogens is 273 g/mol. The number of carbonyl (C=O) groups excluding carboxylic acids is 2. The summed E-state index contributed by atoms with van der Waals surface area (Å²) in [5.41, 5.74) is -0.287. The summed E-state index contributed by atoms with van der Waals surface area (Å²) >= 11 is 5.62. The predicted molar refractivity (Wildman–Crippen MR) is 69.6 cm³/mol. The summed E-state index contributed by atoms with van der Waals surface area (Å²) < 4.78 is 18.0. The zero-order chi connectivity index (χ0) is 14.6. The Morgan fingerprint density at radius 2 is 2.11 bits per heavy atom. The van der Waals surface area contributed by atoms with E-state index in [0.29, 0.717) is 11.8 Å². The van der Waals surface area contributed by atoms with E-state index >= 15 is 0 Å². The number of halogens is 2. The third kappa shape index (κ3) is 4.87. The summed E-state index contributed by atoms with van der Waals surface area (Å²) in [4.78, 5) is 22.5. The van der Waals surface area contributed by atoms with Crippen LogP contribution in [0, 0.1) is 5.82 Å².